The van der Waals surface area contributed by atoms with Gasteiger partial charge in [-0.3, -0.25) is 0 Å². The smallest absolute Gasteiger partial charge is 0.101 e. The van der Waals surface area contributed by atoms with E-state index in [9.17, 15) is 5.26 Å². The van der Waals surface area contributed by atoms with Crippen LogP contribution in [-0.4, -0.2) is 19.1 Å². The van der Waals surface area contributed by atoms with Gasteiger partial charge in [-0.05, 0) is 43.5 Å². The number of nitrogens with zero attached hydrogens (tertiary/aromatic N) is 2. The molecule has 3 nitrogen and oxygen atoms in total. The molecule has 108 valence electrons. The third kappa shape index (κ3) is 3.74. The number of benzene rings is 1. The average Bonchev–Trinajstić information content (AvgIpc) is 3.31. The van der Waals surface area contributed by atoms with Gasteiger partial charge in [0.2, 0.25) is 0 Å². The van der Waals surface area contributed by atoms with E-state index in [1.165, 1.54) is 31.2 Å². The highest BCUT2D eigenvalue weighted by Crippen LogP contribution is 2.34. The highest BCUT2D eigenvalue weighted by atomic mass is 15.2. The van der Waals surface area contributed by atoms with Gasteiger partial charge in [-0.2, -0.15) is 5.26 Å². The van der Waals surface area contributed by atoms with Gasteiger partial charge in [0, 0.05) is 19.1 Å². The Kier molecular flexibility index (Phi) is 5.43. The van der Waals surface area contributed by atoms with E-state index in [2.05, 4.69) is 42.3 Å². The molecule has 2 rings (SSSR count). The minimum absolute atomic E-state index is 0.660. The number of anilines is 1. The van der Waals surface area contributed by atoms with Crippen LogP contribution < -0.4 is 10.2 Å². The number of nitrogens with one attached hydrogen (secondary N) is 1. The molecule has 0 aliphatic heterocycles. The molecule has 0 heterocycles. The number of hydrogen-bond acceptors (Lipinski definition) is 3. The lowest BCUT2D eigenvalue weighted by molar-refractivity contribution is 0.710. The SMILES string of the molecule is CCCCN(c1ccc(CNCC)cc1C#N)C1CC1. The first kappa shape index (κ1) is 14.9. The molecule has 0 spiro atoms. The standard InChI is InChI=1S/C17H25N3/c1-3-5-10-20(16-7-8-16)17-9-6-14(13-19-4-2)11-15(17)12-18/h6,9,11,16,19H,3-5,7-8,10,13H2,1-2H3. The molecular weight excluding hydrogens is 246 g/mol. The monoisotopic (exact) mass is 271 g/mol. The molecule has 0 unspecified atom stereocenters. The van der Waals surface area contributed by atoms with E-state index in [4.69, 9.17) is 0 Å². The summed E-state index contributed by atoms with van der Waals surface area (Å²) >= 11 is 0. The molecule has 1 aliphatic carbocycles. The Bertz CT molecular complexity index is 472. The number of hydrogen-bond donors (Lipinski definition) is 1. The molecule has 0 radical (unpaired) electrons. The van der Waals surface area contributed by atoms with E-state index >= 15 is 0 Å². The summed E-state index contributed by atoms with van der Waals surface area (Å²) < 4.78 is 0. The Morgan fingerprint density at radius 1 is 1.35 bits per heavy atom. The molecule has 1 saturated carbocycles. The predicted octanol–water partition coefficient (Wildman–Crippen LogP) is 3.44. The summed E-state index contributed by atoms with van der Waals surface area (Å²) in [6.45, 7) is 7.18. The first-order chi connectivity index (χ1) is 9.80. The molecule has 0 atom stereocenters. The van der Waals surface area contributed by atoms with E-state index in [1.54, 1.807) is 0 Å². The lowest BCUT2D eigenvalue weighted by Crippen LogP contribution is -2.27. The molecule has 3 heteroatoms. The van der Waals surface area contributed by atoms with Crippen molar-refractivity contribution in [1.82, 2.24) is 5.32 Å². The van der Waals surface area contributed by atoms with Gasteiger partial charge in [-0.1, -0.05) is 26.3 Å². The summed E-state index contributed by atoms with van der Waals surface area (Å²) in [6.07, 6.45) is 4.94. The van der Waals surface area contributed by atoms with Crippen LogP contribution in [0.5, 0.6) is 0 Å². The highest BCUT2D eigenvalue weighted by Gasteiger charge is 2.30. The van der Waals surface area contributed by atoms with Crippen molar-refractivity contribution in [3.63, 3.8) is 0 Å². The zero-order valence-corrected chi connectivity index (χ0v) is 12.7. The molecule has 1 aromatic carbocycles. The van der Waals surface area contributed by atoms with Gasteiger partial charge in [0.05, 0.1) is 11.3 Å². The molecule has 1 N–H and O–H groups in total. The van der Waals surface area contributed by atoms with Crippen molar-refractivity contribution in [3.8, 4) is 6.07 Å². The predicted molar refractivity (Wildman–Crippen MR) is 83.8 cm³/mol. The van der Waals surface area contributed by atoms with Crippen LogP contribution in [0.3, 0.4) is 0 Å². The molecule has 0 aromatic heterocycles. The van der Waals surface area contributed by atoms with Crippen molar-refractivity contribution in [2.45, 2.75) is 52.1 Å². The van der Waals surface area contributed by atoms with Crippen molar-refractivity contribution in [3.05, 3.63) is 29.3 Å². The van der Waals surface area contributed by atoms with Crippen LogP contribution in [0.25, 0.3) is 0 Å². The van der Waals surface area contributed by atoms with Crippen molar-refractivity contribution in [2.24, 2.45) is 0 Å². The van der Waals surface area contributed by atoms with Crippen molar-refractivity contribution >= 4 is 5.69 Å². The lowest BCUT2D eigenvalue weighted by atomic mass is 10.1. The maximum Gasteiger partial charge on any atom is 0.101 e. The third-order valence-corrected chi connectivity index (χ3v) is 3.81. The second-order valence-electron chi connectivity index (χ2n) is 5.52. The van der Waals surface area contributed by atoms with Crippen LogP contribution in [0.1, 0.15) is 50.7 Å². The Morgan fingerprint density at radius 3 is 2.75 bits per heavy atom. The van der Waals surface area contributed by atoms with Crippen LogP contribution in [-0.2, 0) is 6.54 Å². The van der Waals surface area contributed by atoms with Crippen LogP contribution in [0.15, 0.2) is 18.2 Å². The molecule has 0 amide bonds. The Hall–Kier alpha value is -1.53. The Morgan fingerprint density at radius 2 is 2.15 bits per heavy atom. The summed E-state index contributed by atoms with van der Waals surface area (Å²) in [6, 6.07) is 9.37. The first-order valence-electron chi connectivity index (χ1n) is 7.80. The molecule has 1 aromatic rings. The first-order valence-corrected chi connectivity index (χ1v) is 7.80. The molecule has 20 heavy (non-hydrogen) atoms. The fourth-order valence-electron chi connectivity index (χ4n) is 2.52. The zero-order chi connectivity index (χ0) is 14.4. The second-order valence-corrected chi connectivity index (χ2v) is 5.52. The van der Waals surface area contributed by atoms with Gasteiger partial charge >= 0.3 is 0 Å². The van der Waals surface area contributed by atoms with E-state index in [-0.39, 0.29) is 0 Å². The minimum Gasteiger partial charge on any atom is -0.367 e. The van der Waals surface area contributed by atoms with Crippen molar-refractivity contribution in [2.75, 3.05) is 18.0 Å². The third-order valence-electron chi connectivity index (χ3n) is 3.81. The molecule has 0 saturated heterocycles. The average molecular weight is 271 g/mol. The van der Waals surface area contributed by atoms with Gasteiger partial charge in [-0.25, -0.2) is 0 Å². The number of rotatable bonds is 8. The second kappa shape index (κ2) is 7.31. The van der Waals surface area contributed by atoms with Crippen LogP contribution >= 0.6 is 0 Å². The van der Waals surface area contributed by atoms with Crippen molar-refractivity contribution < 1.29 is 0 Å². The maximum absolute atomic E-state index is 9.45. The van der Waals surface area contributed by atoms with Gasteiger partial charge in [0.15, 0.2) is 0 Å². The lowest BCUT2D eigenvalue weighted by Gasteiger charge is -2.26. The summed E-state index contributed by atoms with van der Waals surface area (Å²) in [5.74, 6) is 0. The number of unbranched alkanes of at least 4 members (excludes halogenated alkanes) is 1. The van der Waals surface area contributed by atoms with Gasteiger partial charge < -0.3 is 10.2 Å². The van der Waals surface area contributed by atoms with Gasteiger partial charge in [-0.15, -0.1) is 0 Å². The van der Waals surface area contributed by atoms with E-state index in [0.717, 1.165) is 30.9 Å². The minimum atomic E-state index is 0.660. The molecular formula is C17H25N3. The van der Waals surface area contributed by atoms with Crippen molar-refractivity contribution in [1.29, 1.82) is 5.26 Å². The fraction of sp³-hybridized carbons (Fsp3) is 0.588. The molecule has 0 bridgehead atoms. The molecule has 1 aliphatic rings. The Balaban J connectivity index is 2.18. The fourth-order valence-corrected chi connectivity index (χ4v) is 2.52. The van der Waals surface area contributed by atoms with E-state index < -0.39 is 0 Å². The van der Waals surface area contributed by atoms with Crippen LogP contribution in [0.2, 0.25) is 0 Å². The normalized spacial score (nSPS) is 14.1. The largest absolute Gasteiger partial charge is 0.367 e. The van der Waals surface area contributed by atoms with E-state index in [0.29, 0.717) is 6.04 Å². The zero-order valence-electron chi connectivity index (χ0n) is 12.7. The Labute approximate surface area is 122 Å². The van der Waals surface area contributed by atoms with E-state index in [1.807, 2.05) is 6.07 Å². The number of nitriles is 1. The summed E-state index contributed by atoms with van der Waals surface area (Å²) in [5.41, 5.74) is 3.14. The van der Waals surface area contributed by atoms with Crippen LogP contribution in [0, 0.1) is 11.3 Å². The quantitative estimate of drug-likeness (QED) is 0.787. The highest BCUT2D eigenvalue weighted by molar-refractivity contribution is 5.61. The van der Waals surface area contributed by atoms with Gasteiger partial charge in [0.1, 0.15) is 6.07 Å². The topological polar surface area (TPSA) is 39.1 Å². The van der Waals surface area contributed by atoms with Crippen LogP contribution in [0.4, 0.5) is 5.69 Å². The summed E-state index contributed by atoms with van der Waals surface area (Å²) in [7, 11) is 0. The summed E-state index contributed by atoms with van der Waals surface area (Å²) in [5, 5.41) is 12.8. The van der Waals surface area contributed by atoms with Gasteiger partial charge in [0.25, 0.3) is 0 Å². The maximum atomic E-state index is 9.45. The molecule has 1 fully saturated rings. The summed E-state index contributed by atoms with van der Waals surface area (Å²) in [4.78, 5) is 2.44.